The van der Waals surface area contributed by atoms with Crippen molar-refractivity contribution in [2.24, 2.45) is 0 Å². The molecule has 0 aliphatic heterocycles. The maximum Gasteiger partial charge on any atom is 0.338 e. The van der Waals surface area contributed by atoms with Crippen molar-refractivity contribution in [2.45, 2.75) is 45.4 Å². The summed E-state index contributed by atoms with van der Waals surface area (Å²) in [5.41, 5.74) is 0.580. The lowest BCUT2D eigenvalue weighted by Crippen LogP contribution is -2.06. The topological polar surface area (TPSA) is 35.5 Å². The van der Waals surface area contributed by atoms with Gasteiger partial charge >= 0.3 is 5.97 Å². The number of alkyl halides is 1. The Labute approximate surface area is 136 Å². The number of ether oxygens (including phenoxy) is 2. The molecule has 0 atom stereocenters. The second-order valence-electron chi connectivity index (χ2n) is 4.97. The molecule has 0 bridgehead atoms. The molecule has 1 rings (SSSR count). The average Bonchev–Trinajstić information content (AvgIpc) is 2.52. The van der Waals surface area contributed by atoms with Gasteiger partial charge in [-0.2, -0.15) is 0 Å². The van der Waals surface area contributed by atoms with Gasteiger partial charge in [-0.3, -0.25) is 0 Å². The maximum absolute atomic E-state index is 11.8. The predicted octanol–water partition coefficient (Wildman–Crippen LogP) is 4.98. The number of hydrogen-bond acceptors (Lipinski definition) is 3. The summed E-state index contributed by atoms with van der Waals surface area (Å²) in [5.74, 6) is 0.548. The van der Waals surface area contributed by atoms with Crippen LogP contribution in [0.4, 0.5) is 0 Å². The van der Waals surface area contributed by atoms with Crippen molar-refractivity contribution in [2.75, 3.05) is 18.5 Å². The smallest absolute Gasteiger partial charge is 0.338 e. The third-order valence-electron chi connectivity index (χ3n) is 3.12. The molecular weight excluding hydrogens is 332 g/mol. The van der Waals surface area contributed by atoms with Crippen molar-refractivity contribution >= 4 is 21.9 Å². The molecule has 0 amide bonds. The van der Waals surface area contributed by atoms with Crippen LogP contribution in [0, 0.1) is 0 Å². The molecule has 3 nitrogen and oxygen atoms in total. The standard InChI is InChI=1S/C17H25BrO3/c1-2-3-6-13-20-16-10-8-15(9-11-16)17(19)21-14-7-4-5-12-18/h8-11H,2-7,12-14H2,1H3. The van der Waals surface area contributed by atoms with Gasteiger partial charge in [0, 0.05) is 5.33 Å². The van der Waals surface area contributed by atoms with Crippen LogP contribution in [0.1, 0.15) is 55.8 Å². The number of carbonyl (C=O) groups excluding carboxylic acids is 1. The zero-order valence-electron chi connectivity index (χ0n) is 12.8. The first-order chi connectivity index (χ1) is 10.3. The summed E-state index contributed by atoms with van der Waals surface area (Å²) in [6.45, 7) is 3.38. The molecule has 0 radical (unpaired) electrons. The minimum atomic E-state index is -0.258. The highest BCUT2D eigenvalue weighted by molar-refractivity contribution is 9.09. The van der Waals surface area contributed by atoms with Crippen LogP contribution in [-0.2, 0) is 4.74 Å². The number of rotatable bonds is 11. The molecule has 0 aromatic heterocycles. The first-order valence-electron chi connectivity index (χ1n) is 7.74. The number of carbonyl (C=O) groups is 1. The first-order valence-corrected chi connectivity index (χ1v) is 8.86. The summed E-state index contributed by atoms with van der Waals surface area (Å²) in [6.07, 6.45) is 6.53. The van der Waals surface area contributed by atoms with Crippen LogP contribution < -0.4 is 4.74 Å². The molecule has 0 heterocycles. The molecule has 0 unspecified atom stereocenters. The molecule has 0 spiro atoms. The van der Waals surface area contributed by atoms with Crippen LogP contribution in [0.25, 0.3) is 0 Å². The Morgan fingerprint density at radius 1 is 1.00 bits per heavy atom. The van der Waals surface area contributed by atoms with E-state index in [0.717, 1.165) is 43.4 Å². The molecule has 4 heteroatoms. The predicted molar refractivity (Wildman–Crippen MR) is 89.4 cm³/mol. The van der Waals surface area contributed by atoms with Gasteiger partial charge in [-0.25, -0.2) is 4.79 Å². The lowest BCUT2D eigenvalue weighted by atomic mass is 10.2. The van der Waals surface area contributed by atoms with E-state index in [1.807, 2.05) is 12.1 Å². The number of halogens is 1. The van der Waals surface area contributed by atoms with E-state index in [0.29, 0.717) is 12.2 Å². The zero-order valence-corrected chi connectivity index (χ0v) is 14.4. The first kappa shape index (κ1) is 18.0. The van der Waals surface area contributed by atoms with Gasteiger partial charge in [0.15, 0.2) is 0 Å². The van der Waals surface area contributed by atoms with Crippen molar-refractivity contribution in [1.29, 1.82) is 0 Å². The van der Waals surface area contributed by atoms with E-state index in [1.165, 1.54) is 12.8 Å². The van der Waals surface area contributed by atoms with E-state index < -0.39 is 0 Å². The monoisotopic (exact) mass is 356 g/mol. The van der Waals surface area contributed by atoms with Gasteiger partial charge in [-0.15, -0.1) is 0 Å². The summed E-state index contributed by atoms with van der Waals surface area (Å²) in [5, 5.41) is 1.00. The van der Waals surface area contributed by atoms with Gasteiger partial charge in [0.2, 0.25) is 0 Å². The van der Waals surface area contributed by atoms with E-state index in [4.69, 9.17) is 9.47 Å². The molecule has 0 N–H and O–H groups in total. The van der Waals surface area contributed by atoms with Crippen molar-refractivity contribution < 1.29 is 14.3 Å². The number of benzene rings is 1. The summed E-state index contributed by atoms with van der Waals surface area (Å²) < 4.78 is 10.8. The van der Waals surface area contributed by atoms with Gasteiger partial charge in [0.05, 0.1) is 18.8 Å². The van der Waals surface area contributed by atoms with Gasteiger partial charge in [0.25, 0.3) is 0 Å². The van der Waals surface area contributed by atoms with Gasteiger partial charge in [0.1, 0.15) is 5.75 Å². The molecule has 1 aromatic rings. The average molecular weight is 357 g/mol. The fraction of sp³-hybridized carbons (Fsp3) is 0.588. The second-order valence-corrected chi connectivity index (χ2v) is 5.76. The number of hydrogen-bond donors (Lipinski definition) is 0. The lowest BCUT2D eigenvalue weighted by Gasteiger charge is -2.07. The summed E-state index contributed by atoms with van der Waals surface area (Å²) in [6, 6.07) is 7.17. The fourth-order valence-corrected chi connectivity index (χ4v) is 2.25. The minimum Gasteiger partial charge on any atom is -0.494 e. The Morgan fingerprint density at radius 3 is 2.38 bits per heavy atom. The molecular formula is C17H25BrO3. The molecule has 0 saturated heterocycles. The zero-order chi connectivity index (χ0) is 15.3. The molecule has 118 valence electrons. The van der Waals surface area contributed by atoms with E-state index in [9.17, 15) is 4.79 Å². The molecule has 0 fully saturated rings. The second kappa shape index (κ2) is 11.6. The Hall–Kier alpha value is -1.03. The molecule has 0 aliphatic carbocycles. The van der Waals surface area contributed by atoms with E-state index in [1.54, 1.807) is 12.1 Å². The quantitative estimate of drug-likeness (QED) is 0.318. The minimum absolute atomic E-state index is 0.258. The van der Waals surface area contributed by atoms with Gasteiger partial charge < -0.3 is 9.47 Å². The molecule has 1 aromatic carbocycles. The summed E-state index contributed by atoms with van der Waals surface area (Å²) >= 11 is 3.38. The van der Waals surface area contributed by atoms with Crippen LogP contribution in [0.15, 0.2) is 24.3 Å². The van der Waals surface area contributed by atoms with E-state index in [2.05, 4.69) is 22.9 Å². The van der Waals surface area contributed by atoms with Crippen LogP contribution in [0.2, 0.25) is 0 Å². The van der Waals surface area contributed by atoms with Crippen LogP contribution >= 0.6 is 15.9 Å². The van der Waals surface area contributed by atoms with Crippen molar-refractivity contribution in [3.05, 3.63) is 29.8 Å². The third kappa shape index (κ3) is 8.10. The number of unbranched alkanes of at least 4 members (excludes halogenated alkanes) is 4. The Balaban J connectivity index is 2.27. The Morgan fingerprint density at radius 2 is 1.71 bits per heavy atom. The highest BCUT2D eigenvalue weighted by Gasteiger charge is 2.06. The summed E-state index contributed by atoms with van der Waals surface area (Å²) in [4.78, 5) is 11.8. The fourth-order valence-electron chi connectivity index (χ4n) is 1.85. The largest absolute Gasteiger partial charge is 0.494 e. The normalized spacial score (nSPS) is 10.4. The van der Waals surface area contributed by atoms with Gasteiger partial charge in [-0.1, -0.05) is 35.7 Å². The SMILES string of the molecule is CCCCCOc1ccc(C(=O)OCCCCCBr)cc1. The molecule has 21 heavy (non-hydrogen) atoms. The van der Waals surface area contributed by atoms with Crippen LogP contribution in [-0.4, -0.2) is 24.5 Å². The Bertz CT molecular complexity index is 390. The summed E-state index contributed by atoms with van der Waals surface area (Å²) in [7, 11) is 0. The van der Waals surface area contributed by atoms with Crippen LogP contribution in [0.5, 0.6) is 5.75 Å². The maximum atomic E-state index is 11.8. The Kier molecular flexibility index (Phi) is 9.96. The van der Waals surface area contributed by atoms with E-state index in [-0.39, 0.29) is 5.97 Å². The highest BCUT2D eigenvalue weighted by atomic mass is 79.9. The van der Waals surface area contributed by atoms with Crippen molar-refractivity contribution in [3.8, 4) is 5.75 Å². The lowest BCUT2D eigenvalue weighted by molar-refractivity contribution is 0.0498. The van der Waals surface area contributed by atoms with E-state index >= 15 is 0 Å². The molecule has 0 aliphatic rings. The molecule has 0 saturated carbocycles. The number of esters is 1. The van der Waals surface area contributed by atoms with Crippen LogP contribution in [0.3, 0.4) is 0 Å². The van der Waals surface area contributed by atoms with Crippen molar-refractivity contribution in [3.63, 3.8) is 0 Å². The third-order valence-corrected chi connectivity index (χ3v) is 3.68. The van der Waals surface area contributed by atoms with Gasteiger partial charge in [-0.05, 0) is 49.9 Å². The highest BCUT2D eigenvalue weighted by Crippen LogP contribution is 2.14. The van der Waals surface area contributed by atoms with Crippen molar-refractivity contribution in [1.82, 2.24) is 0 Å².